The van der Waals surface area contributed by atoms with Crippen molar-refractivity contribution in [3.63, 3.8) is 0 Å². The van der Waals surface area contributed by atoms with Gasteiger partial charge in [0.1, 0.15) is 6.10 Å². The van der Waals surface area contributed by atoms with Gasteiger partial charge in [-0.1, -0.05) is 0 Å². The van der Waals surface area contributed by atoms with Gasteiger partial charge >= 0.3 is 17.9 Å². The molecule has 0 rings (SSSR count). The molecule has 0 bridgehead atoms. The van der Waals surface area contributed by atoms with E-state index in [0.29, 0.717) is 0 Å². The Balaban J connectivity index is -0.000000295. The number of carbonyl (C=O) groups is 4. The molecule has 0 aromatic carbocycles. The maximum Gasteiger partial charge on any atom is 0.335 e. The van der Waals surface area contributed by atoms with Gasteiger partial charge in [-0.2, -0.15) is 0 Å². The molecular weight excluding hydrogens is 428 g/mol. The Morgan fingerprint density at radius 1 is 0.619 bits per heavy atom. The number of aliphatic carboxylic acids is 4. The van der Waals surface area contributed by atoms with Crippen LogP contribution in [0.1, 0.15) is 0 Å². The first-order valence-corrected chi connectivity index (χ1v) is 4.55. The van der Waals surface area contributed by atoms with Gasteiger partial charge in [0.15, 0.2) is 18.3 Å². The number of hydrogen-bond donors (Lipinski definition) is 7. The van der Waals surface area contributed by atoms with E-state index in [4.69, 9.17) is 35.7 Å². The van der Waals surface area contributed by atoms with Gasteiger partial charge in [-0.25, -0.2) is 14.4 Å². The van der Waals surface area contributed by atoms with Gasteiger partial charge in [0.2, 0.25) is 0 Å². The topological polar surface area (TPSA) is 233 Å². The standard InChI is InChI=1S/2C4H6O6.Ce/c2*5-1(3(7)8)2(6)4(9)10;/h2*1-2,5-6H,(H,7,8)(H,9,10);/p-1. The third-order valence-corrected chi connectivity index (χ3v) is 1.60. The number of rotatable bonds is 6. The molecule has 0 aliphatic heterocycles. The Bertz CT molecular complexity index is 309. The molecule has 0 aliphatic carbocycles. The minimum absolute atomic E-state index is 0. The van der Waals surface area contributed by atoms with Crippen molar-refractivity contribution < 1.29 is 102 Å². The number of carboxylic acid groups (broad SMARTS) is 4. The van der Waals surface area contributed by atoms with E-state index in [1.165, 1.54) is 0 Å². The van der Waals surface area contributed by atoms with Crippen molar-refractivity contribution in [2.75, 3.05) is 0 Å². The van der Waals surface area contributed by atoms with Crippen molar-refractivity contribution in [3.8, 4) is 0 Å². The smallest absolute Gasteiger partial charge is 0.335 e. The summed E-state index contributed by atoms with van der Waals surface area (Å²) in [7, 11) is 0. The van der Waals surface area contributed by atoms with Gasteiger partial charge in [-0.3, -0.25) is 0 Å². The molecule has 0 saturated carbocycles. The van der Waals surface area contributed by atoms with Crippen molar-refractivity contribution in [1.82, 2.24) is 0 Å². The van der Waals surface area contributed by atoms with Crippen LogP contribution in [0.25, 0.3) is 0 Å². The van der Waals surface area contributed by atoms with Gasteiger partial charge in [0.05, 0.1) is 5.97 Å². The molecule has 0 radical (unpaired) electrons. The van der Waals surface area contributed by atoms with Gasteiger partial charge in [0.25, 0.3) is 0 Å². The van der Waals surface area contributed by atoms with Gasteiger partial charge < -0.3 is 45.6 Å². The second kappa shape index (κ2) is 11.7. The van der Waals surface area contributed by atoms with Crippen LogP contribution < -0.4 is 5.11 Å². The monoisotopic (exact) mass is 439 g/mol. The summed E-state index contributed by atoms with van der Waals surface area (Å²) in [6.07, 6.45) is -9.24. The third kappa shape index (κ3) is 10.5. The van der Waals surface area contributed by atoms with E-state index in [1.54, 1.807) is 0 Å². The maximum atomic E-state index is 9.77. The zero-order chi connectivity index (χ0) is 16.6. The van der Waals surface area contributed by atoms with E-state index in [9.17, 15) is 24.3 Å². The van der Waals surface area contributed by atoms with Crippen LogP contribution in [0, 0.1) is 41.7 Å². The molecule has 4 atom stereocenters. The first kappa shape index (κ1) is 25.1. The Kier molecular flexibility index (Phi) is 14.0. The number of aliphatic hydroxyl groups is 4. The normalized spacial score (nSPS) is 15.0. The summed E-state index contributed by atoms with van der Waals surface area (Å²) in [6.45, 7) is 0. The fraction of sp³-hybridized carbons (Fsp3) is 0.500. The second-order valence-electron chi connectivity index (χ2n) is 3.11. The molecule has 12 nitrogen and oxygen atoms in total. The molecule has 4 unspecified atom stereocenters. The summed E-state index contributed by atoms with van der Waals surface area (Å²) < 4.78 is 0. The van der Waals surface area contributed by atoms with Crippen LogP contribution in [0.3, 0.4) is 0 Å². The minimum Gasteiger partial charge on any atom is -0.547 e. The van der Waals surface area contributed by atoms with E-state index < -0.39 is 48.3 Å². The first-order chi connectivity index (χ1) is 8.93. The number of carboxylic acids is 4. The van der Waals surface area contributed by atoms with E-state index in [-0.39, 0.29) is 41.7 Å². The fourth-order valence-electron chi connectivity index (χ4n) is 0.534. The SMILES string of the molecule is O=C(O)C(O)C(O)C(=O)O.O=C([O-])C(O)C(O)C(=O)O.[Ce]. The van der Waals surface area contributed by atoms with Crippen LogP contribution >= 0.6 is 0 Å². The molecule has 21 heavy (non-hydrogen) atoms. The predicted molar refractivity (Wildman–Crippen MR) is 51.9 cm³/mol. The number of aliphatic hydroxyl groups excluding tert-OH is 4. The van der Waals surface area contributed by atoms with E-state index >= 15 is 0 Å². The van der Waals surface area contributed by atoms with E-state index in [2.05, 4.69) is 0 Å². The van der Waals surface area contributed by atoms with Crippen LogP contribution in [0.2, 0.25) is 0 Å². The Labute approximate surface area is 149 Å². The molecule has 0 heterocycles. The van der Waals surface area contributed by atoms with Gasteiger partial charge in [-0.05, 0) is 0 Å². The van der Waals surface area contributed by atoms with Crippen molar-refractivity contribution in [2.45, 2.75) is 24.4 Å². The van der Waals surface area contributed by atoms with Crippen LogP contribution in [-0.2, 0) is 19.2 Å². The third-order valence-electron chi connectivity index (χ3n) is 1.60. The van der Waals surface area contributed by atoms with Crippen molar-refractivity contribution in [1.29, 1.82) is 0 Å². The number of hydrogen-bond acceptors (Lipinski definition) is 9. The zero-order valence-corrected chi connectivity index (χ0v) is 13.1. The van der Waals surface area contributed by atoms with Gasteiger partial charge in [0, 0.05) is 41.7 Å². The first-order valence-electron chi connectivity index (χ1n) is 4.55. The van der Waals surface area contributed by atoms with Crippen LogP contribution in [0.15, 0.2) is 0 Å². The Hall–Kier alpha value is -0.903. The molecule has 0 aromatic rings. The average molecular weight is 439 g/mol. The van der Waals surface area contributed by atoms with Crippen LogP contribution in [-0.4, -0.2) is 84.0 Å². The average Bonchev–Trinajstić information content (AvgIpc) is 2.35. The van der Waals surface area contributed by atoms with Crippen LogP contribution in [0.4, 0.5) is 0 Å². The zero-order valence-electron chi connectivity index (χ0n) is 9.98. The predicted octanol–water partition coefficient (Wildman–Crippen LogP) is -5.58. The summed E-state index contributed by atoms with van der Waals surface area (Å²) in [5.41, 5.74) is 0. The number of carbonyl (C=O) groups excluding carboxylic acids is 1. The maximum absolute atomic E-state index is 9.77. The molecule has 0 aliphatic rings. The van der Waals surface area contributed by atoms with Crippen molar-refractivity contribution in [2.24, 2.45) is 0 Å². The molecule has 0 spiro atoms. The summed E-state index contributed by atoms with van der Waals surface area (Å²) in [4.78, 5) is 38.9. The summed E-state index contributed by atoms with van der Waals surface area (Å²) >= 11 is 0. The quantitative estimate of drug-likeness (QED) is 0.205. The summed E-state index contributed by atoms with van der Waals surface area (Å²) in [5, 5.41) is 66.7. The molecule has 120 valence electrons. The largest absolute Gasteiger partial charge is 0.547 e. The van der Waals surface area contributed by atoms with E-state index in [1.807, 2.05) is 0 Å². The molecule has 0 amide bonds. The summed E-state index contributed by atoms with van der Waals surface area (Å²) in [6, 6.07) is 0. The van der Waals surface area contributed by atoms with Crippen molar-refractivity contribution in [3.05, 3.63) is 0 Å². The van der Waals surface area contributed by atoms with Crippen molar-refractivity contribution >= 4 is 23.9 Å². The molecule has 7 N–H and O–H groups in total. The van der Waals surface area contributed by atoms with Crippen LogP contribution in [0.5, 0.6) is 0 Å². The Morgan fingerprint density at radius 2 is 0.810 bits per heavy atom. The second-order valence-corrected chi connectivity index (χ2v) is 3.11. The molecule has 0 fully saturated rings. The molecule has 0 aromatic heterocycles. The Morgan fingerprint density at radius 3 is 0.905 bits per heavy atom. The van der Waals surface area contributed by atoms with E-state index in [0.717, 1.165) is 0 Å². The molecule has 13 heteroatoms. The minimum atomic E-state index is -2.38. The molecular formula is C8H11CeO12-. The summed E-state index contributed by atoms with van der Waals surface area (Å²) in [5.74, 6) is -7.36. The molecule has 0 saturated heterocycles. The van der Waals surface area contributed by atoms with Gasteiger partial charge in [-0.15, -0.1) is 0 Å². The fourth-order valence-corrected chi connectivity index (χ4v) is 0.534.